The molecule has 3 N–H and O–H groups in total. The zero-order valence-corrected chi connectivity index (χ0v) is 17.5. The van der Waals surface area contributed by atoms with Crippen LogP contribution < -0.4 is 10.6 Å². The van der Waals surface area contributed by atoms with Crippen LogP contribution in [0.3, 0.4) is 0 Å². The molecule has 0 radical (unpaired) electrons. The minimum atomic E-state index is -4.35. The van der Waals surface area contributed by atoms with Gasteiger partial charge < -0.3 is 15.7 Å². The van der Waals surface area contributed by atoms with Crippen molar-refractivity contribution in [1.29, 1.82) is 5.26 Å². The molecule has 2 aromatic rings. The summed E-state index contributed by atoms with van der Waals surface area (Å²) < 4.78 is 38.0. The van der Waals surface area contributed by atoms with Crippen molar-refractivity contribution in [2.75, 3.05) is 17.2 Å². The molecule has 0 saturated heterocycles. The number of aliphatic hydroxyl groups is 1. The first-order chi connectivity index (χ1) is 14.6. The maximum atomic E-state index is 12.7. The Bertz CT molecular complexity index is 938. The number of nitrogens with zero attached hydrogens (tertiary/aromatic N) is 3. The molecule has 9 heteroatoms. The number of aromatic nitrogens is 2. The minimum Gasteiger partial charge on any atom is -0.393 e. The molecule has 166 valence electrons. The zero-order valence-electron chi connectivity index (χ0n) is 17.5. The summed E-state index contributed by atoms with van der Waals surface area (Å²) in [6.45, 7) is 4.47. The predicted molar refractivity (Wildman–Crippen MR) is 111 cm³/mol. The van der Waals surface area contributed by atoms with Crippen LogP contribution in [0.25, 0.3) is 0 Å². The first-order valence-corrected chi connectivity index (χ1v) is 10.2. The van der Waals surface area contributed by atoms with Crippen LogP contribution in [0, 0.1) is 16.7 Å². The summed E-state index contributed by atoms with van der Waals surface area (Å²) in [6.07, 6.45) is -0.556. The van der Waals surface area contributed by atoms with Crippen molar-refractivity contribution in [3.05, 3.63) is 47.2 Å². The second kappa shape index (κ2) is 9.10. The summed E-state index contributed by atoms with van der Waals surface area (Å²) in [4.78, 5) is 8.56. The zero-order chi connectivity index (χ0) is 22.6. The highest BCUT2D eigenvalue weighted by Gasteiger charge is 2.36. The van der Waals surface area contributed by atoms with Crippen LogP contribution in [0.2, 0.25) is 0 Å². The number of aliphatic hydroxyl groups excluding tert-OH is 1. The molecule has 1 fully saturated rings. The maximum Gasteiger partial charge on any atom is 0.416 e. The quantitative estimate of drug-likeness (QED) is 0.626. The smallest absolute Gasteiger partial charge is 0.393 e. The Morgan fingerprint density at radius 1 is 1.23 bits per heavy atom. The van der Waals surface area contributed by atoms with Gasteiger partial charge in [0.05, 0.1) is 17.9 Å². The van der Waals surface area contributed by atoms with Gasteiger partial charge in [-0.25, -0.2) is 4.98 Å². The number of hydrogen-bond acceptors (Lipinski definition) is 6. The fraction of sp³-hybridized carbons (Fsp3) is 0.500. The van der Waals surface area contributed by atoms with Crippen LogP contribution in [-0.2, 0) is 12.6 Å². The number of hydrogen-bond donors (Lipinski definition) is 3. The molecule has 1 aromatic heterocycles. The Labute approximate surface area is 179 Å². The number of rotatable bonds is 6. The average molecular weight is 433 g/mol. The Hall–Kier alpha value is -2.86. The molecule has 0 spiro atoms. The number of halogens is 3. The van der Waals surface area contributed by atoms with Crippen molar-refractivity contribution in [1.82, 2.24) is 9.97 Å². The minimum absolute atomic E-state index is 0.0837. The summed E-state index contributed by atoms with van der Waals surface area (Å²) in [5.74, 6) is 0.773. The first-order valence-electron chi connectivity index (χ1n) is 10.2. The van der Waals surface area contributed by atoms with Crippen molar-refractivity contribution in [3.63, 3.8) is 0 Å². The topological polar surface area (TPSA) is 93.9 Å². The molecule has 0 unspecified atom stereocenters. The molecule has 1 saturated carbocycles. The van der Waals surface area contributed by atoms with E-state index < -0.39 is 11.7 Å². The molecule has 3 rings (SSSR count). The van der Waals surface area contributed by atoms with Gasteiger partial charge in [0, 0.05) is 12.6 Å². The van der Waals surface area contributed by atoms with Crippen LogP contribution in [-0.4, -0.2) is 33.8 Å². The van der Waals surface area contributed by atoms with Gasteiger partial charge in [-0.2, -0.15) is 23.4 Å². The van der Waals surface area contributed by atoms with E-state index in [1.165, 1.54) is 18.3 Å². The van der Waals surface area contributed by atoms with Crippen LogP contribution in [0.5, 0.6) is 0 Å². The van der Waals surface area contributed by atoms with E-state index >= 15 is 0 Å². The number of nitrogens with one attached hydrogen (secondary N) is 2. The van der Waals surface area contributed by atoms with E-state index in [0.717, 1.165) is 30.5 Å². The highest BCUT2D eigenvalue weighted by molar-refractivity contribution is 5.54. The maximum absolute atomic E-state index is 12.7. The Balaban J connectivity index is 1.61. The van der Waals surface area contributed by atoms with E-state index in [0.29, 0.717) is 36.7 Å². The van der Waals surface area contributed by atoms with Crippen LogP contribution in [0.1, 0.15) is 49.8 Å². The molecular formula is C22H26F3N5O. The van der Waals surface area contributed by atoms with Crippen molar-refractivity contribution in [3.8, 4) is 6.07 Å². The largest absolute Gasteiger partial charge is 0.416 e. The Kier molecular flexibility index (Phi) is 6.70. The molecule has 0 bridgehead atoms. The first kappa shape index (κ1) is 22.8. The van der Waals surface area contributed by atoms with Crippen LogP contribution in [0.15, 0.2) is 30.5 Å². The second-order valence-corrected chi connectivity index (χ2v) is 8.57. The normalized spacial score (nSPS) is 20.7. The highest BCUT2D eigenvalue weighted by atomic mass is 19.4. The molecular weight excluding hydrogens is 407 g/mol. The van der Waals surface area contributed by atoms with Crippen LogP contribution in [0.4, 0.5) is 24.9 Å². The van der Waals surface area contributed by atoms with Gasteiger partial charge in [-0.15, -0.1) is 0 Å². The number of benzene rings is 1. The van der Waals surface area contributed by atoms with E-state index in [4.69, 9.17) is 0 Å². The van der Waals surface area contributed by atoms with Gasteiger partial charge in [-0.1, -0.05) is 26.0 Å². The molecule has 0 aliphatic heterocycles. The molecule has 1 aromatic carbocycles. The van der Waals surface area contributed by atoms with Gasteiger partial charge >= 0.3 is 6.18 Å². The van der Waals surface area contributed by atoms with Crippen molar-refractivity contribution in [2.45, 2.75) is 57.9 Å². The van der Waals surface area contributed by atoms with E-state index in [9.17, 15) is 23.5 Å². The number of alkyl halides is 3. The van der Waals surface area contributed by atoms with Crippen LogP contribution >= 0.6 is 0 Å². The Morgan fingerprint density at radius 3 is 2.55 bits per heavy atom. The van der Waals surface area contributed by atoms with Crippen molar-refractivity contribution >= 4 is 11.8 Å². The molecule has 1 aliphatic carbocycles. The lowest BCUT2D eigenvalue weighted by Gasteiger charge is -2.40. The molecule has 1 heterocycles. The van der Waals surface area contributed by atoms with E-state index in [1.807, 2.05) is 13.8 Å². The lowest BCUT2D eigenvalue weighted by atomic mass is 9.73. The fourth-order valence-electron chi connectivity index (χ4n) is 3.78. The number of anilines is 2. The number of nitriles is 1. The monoisotopic (exact) mass is 433 g/mol. The van der Waals surface area contributed by atoms with Gasteiger partial charge in [0.25, 0.3) is 0 Å². The van der Waals surface area contributed by atoms with E-state index in [1.54, 1.807) is 0 Å². The average Bonchev–Trinajstić information content (AvgIpc) is 2.70. The molecule has 2 atom stereocenters. The summed E-state index contributed by atoms with van der Waals surface area (Å²) >= 11 is 0. The standard InChI is InChI=1S/C22H26F3N5O/c1-21(2)11-17(7-8-18(21)31)29-19-15(12-26)13-28-20(30-19)27-10-9-14-3-5-16(6-4-14)22(23,24)25/h3-6,13,17-18,31H,7-11H2,1-2H3,(H2,27,28,29,30)/t17-,18+/m1/s1. The Morgan fingerprint density at radius 2 is 1.94 bits per heavy atom. The van der Waals surface area contributed by atoms with Gasteiger partial charge in [0.1, 0.15) is 17.5 Å². The van der Waals surface area contributed by atoms with Crippen molar-refractivity contribution < 1.29 is 18.3 Å². The lowest BCUT2D eigenvalue weighted by Crippen LogP contribution is -2.41. The van der Waals surface area contributed by atoms with E-state index in [2.05, 4.69) is 26.7 Å². The summed E-state index contributed by atoms with van der Waals surface area (Å²) in [5, 5.41) is 25.9. The molecule has 6 nitrogen and oxygen atoms in total. The summed E-state index contributed by atoms with van der Waals surface area (Å²) in [5.41, 5.74) is 0.194. The van der Waals surface area contributed by atoms with Gasteiger partial charge in [0.2, 0.25) is 5.95 Å². The van der Waals surface area contributed by atoms with Crippen molar-refractivity contribution in [2.24, 2.45) is 5.41 Å². The fourth-order valence-corrected chi connectivity index (χ4v) is 3.78. The predicted octanol–water partition coefficient (Wildman–Crippen LogP) is 4.37. The third-order valence-electron chi connectivity index (χ3n) is 5.69. The summed E-state index contributed by atoms with van der Waals surface area (Å²) in [7, 11) is 0. The van der Waals surface area contributed by atoms with Gasteiger partial charge in [-0.05, 0) is 48.8 Å². The molecule has 0 amide bonds. The van der Waals surface area contributed by atoms with Gasteiger partial charge in [0.15, 0.2) is 0 Å². The second-order valence-electron chi connectivity index (χ2n) is 8.57. The van der Waals surface area contributed by atoms with Gasteiger partial charge in [-0.3, -0.25) is 0 Å². The highest BCUT2D eigenvalue weighted by Crippen LogP contribution is 2.37. The third kappa shape index (κ3) is 5.85. The SMILES string of the molecule is CC1(C)C[C@H](Nc2nc(NCCc3ccc(C(F)(F)F)cc3)ncc2C#N)CC[C@@H]1O. The lowest BCUT2D eigenvalue weighted by molar-refractivity contribution is -0.137. The van der Waals surface area contributed by atoms with E-state index in [-0.39, 0.29) is 17.6 Å². The molecule has 1 aliphatic rings. The molecule has 31 heavy (non-hydrogen) atoms. The third-order valence-corrected chi connectivity index (χ3v) is 5.69. The summed E-state index contributed by atoms with van der Waals surface area (Å²) in [6, 6.07) is 7.21.